The van der Waals surface area contributed by atoms with Crippen molar-refractivity contribution in [3.63, 3.8) is 0 Å². The van der Waals surface area contributed by atoms with Crippen LogP contribution in [-0.2, 0) is 4.79 Å². The van der Waals surface area contributed by atoms with Gasteiger partial charge in [0, 0.05) is 19.5 Å². The van der Waals surface area contributed by atoms with Gasteiger partial charge in [-0.1, -0.05) is 23.2 Å². The number of aliphatic imine (C=N–C) groups is 1. The Morgan fingerprint density at radius 2 is 1.81 bits per heavy atom. The van der Waals surface area contributed by atoms with Gasteiger partial charge in [-0.15, -0.1) is 0 Å². The third-order valence-corrected chi connectivity index (χ3v) is 7.44. The van der Waals surface area contributed by atoms with E-state index in [1.807, 2.05) is 0 Å². The van der Waals surface area contributed by atoms with Crippen LogP contribution in [0.2, 0.25) is 10.0 Å². The predicted octanol–water partition coefficient (Wildman–Crippen LogP) is 4.85. The van der Waals surface area contributed by atoms with Crippen molar-refractivity contribution in [2.24, 2.45) is 16.0 Å². The van der Waals surface area contributed by atoms with E-state index in [9.17, 15) is 27.6 Å². The zero-order valence-corrected chi connectivity index (χ0v) is 21.4. The van der Waals surface area contributed by atoms with Gasteiger partial charge in [-0.25, -0.2) is 5.01 Å². The number of carboxylic acid groups (broad SMARTS) is 1. The molecular weight excluding hydrogens is 536 g/mol. The van der Waals surface area contributed by atoms with E-state index in [0.29, 0.717) is 25.9 Å². The Bertz CT molecular complexity index is 1250. The molecule has 0 saturated carbocycles. The standard InChI is InChI=1S/C24H23Cl2F3N4O4/c1-11-9-16(24(27,28)29)31-33-12(2)20(30-22(11)33)21(36)18-15(25)4-3-14(19(18)26)23(37)32-7-5-13(6-8-32)10-17(34)35/h3-4,9,12-13,20H,5-8,10H2,1-2H3,(H,34,35). The van der Waals surface area contributed by atoms with E-state index in [1.54, 1.807) is 4.90 Å². The number of amides is 1. The number of benzene rings is 1. The molecule has 1 aromatic rings. The van der Waals surface area contributed by atoms with Crippen LogP contribution in [-0.4, -0.2) is 75.6 Å². The number of Topliss-reactive ketones (excluding diaryl/α,β-unsaturated/α-hetero) is 1. The lowest BCUT2D eigenvalue weighted by Crippen LogP contribution is -2.41. The van der Waals surface area contributed by atoms with Crippen molar-refractivity contribution < 1.29 is 32.7 Å². The maximum absolute atomic E-state index is 13.6. The summed E-state index contributed by atoms with van der Waals surface area (Å²) in [4.78, 5) is 43.6. The van der Waals surface area contributed by atoms with Gasteiger partial charge in [0.1, 0.15) is 11.9 Å². The number of ketones is 1. The Labute approximate surface area is 220 Å². The van der Waals surface area contributed by atoms with Gasteiger partial charge in [0.15, 0.2) is 11.5 Å². The second-order valence-corrected chi connectivity index (χ2v) is 10.1. The molecule has 0 spiro atoms. The highest BCUT2D eigenvalue weighted by Gasteiger charge is 2.45. The maximum atomic E-state index is 13.6. The average molecular weight is 559 g/mol. The number of amidine groups is 1. The van der Waals surface area contributed by atoms with Crippen molar-refractivity contribution in [2.45, 2.75) is 51.4 Å². The van der Waals surface area contributed by atoms with E-state index in [-0.39, 0.29) is 44.9 Å². The molecule has 2 unspecified atom stereocenters. The smallest absolute Gasteiger partial charge is 0.435 e. The fourth-order valence-corrected chi connectivity index (χ4v) is 5.36. The van der Waals surface area contributed by atoms with E-state index >= 15 is 0 Å². The third-order valence-electron chi connectivity index (χ3n) is 6.73. The number of rotatable bonds is 5. The monoisotopic (exact) mass is 558 g/mol. The quantitative estimate of drug-likeness (QED) is 0.520. The second-order valence-electron chi connectivity index (χ2n) is 9.27. The number of carbonyl (C=O) groups is 3. The molecule has 0 aromatic heterocycles. The topological polar surface area (TPSA) is 103 Å². The number of nitrogens with zero attached hydrogens (tertiary/aromatic N) is 4. The predicted molar refractivity (Wildman–Crippen MR) is 131 cm³/mol. The van der Waals surface area contributed by atoms with Gasteiger partial charge in [0.05, 0.1) is 27.2 Å². The van der Waals surface area contributed by atoms with Gasteiger partial charge in [-0.3, -0.25) is 19.4 Å². The average Bonchev–Trinajstić information content (AvgIpc) is 3.15. The Balaban J connectivity index is 1.59. The number of fused-ring (bicyclic) bond motifs is 1. The van der Waals surface area contributed by atoms with Gasteiger partial charge in [-0.2, -0.15) is 18.3 Å². The minimum absolute atomic E-state index is 0.0178. The van der Waals surface area contributed by atoms with Crippen LogP contribution in [0.1, 0.15) is 53.8 Å². The summed E-state index contributed by atoms with van der Waals surface area (Å²) < 4.78 is 39.8. The highest BCUT2D eigenvalue weighted by atomic mass is 35.5. The van der Waals surface area contributed by atoms with Crippen molar-refractivity contribution >= 4 is 52.4 Å². The van der Waals surface area contributed by atoms with Crippen LogP contribution >= 0.6 is 23.2 Å². The number of hydrazone groups is 1. The lowest BCUT2D eigenvalue weighted by Gasteiger charge is -2.31. The molecule has 13 heteroatoms. The van der Waals surface area contributed by atoms with Gasteiger partial charge in [-0.05, 0) is 56.4 Å². The van der Waals surface area contributed by atoms with Gasteiger partial charge in [0.2, 0.25) is 0 Å². The molecule has 3 heterocycles. The number of carbonyl (C=O) groups excluding carboxylic acids is 2. The summed E-state index contributed by atoms with van der Waals surface area (Å²) in [7, 11) is 0. The van der Waals surface area contributed by atoms with Crippen LogP contribution in [0.4, 0.5) is 13.2 Å². The molecule has 1 saturated heterocycles. The Kier molecular flexibility index (Phi) is 7.40. The Hall–Kier alpha value is -2.92. The summed E-state index contributed by atoms with van der Waals surface area (Å²) in [5.41, 5.74) is -0.982. The van der Waals surface area contributed by atoms with Crippen LogP contribution in [0.3, 0.4) is 0 Å². The van der Waals surface area contributed by atoms with Crippen molar-refractivity contribution in [1.29, 1.82) is 0 Å². The number of halogens is 5. The summed E-state index contributed by atoms with van der Waals surface area (Å²) >= 11 is 12.8. The molecule has 3 aliphatic rings. The zero-order valence-electron chi connectivity index (χ0n) is 19.9. The van der Waals surface area contributed by atoms with Gasteiger partial charge >= 0.3 is 12.1 Å². The number of allylic oxidation sites excluding steroid dienone is 1. The molecule has 1 N–H and O–H groups in total. The van der Waals surface area contributed by atoms with Crippen LogP contribution in [0.15, 0.2) is 33.9 Å². The molecule has 198 valence electrons. The molecule has 0 bridgehead atoms. The molecule has 4 rings (SSSR count). The third kappa shape index (κ3) is 5.24. The molecule has 1 amide bonds. The van der Waals surface area contributed by atoms with Crippen molar-refractivity contribution in [3.05, 3.63) is 45.0 Å². The molecule has 0 radical (unpaired) electrons. The van der Waals surface area contributed by atoms with Crippen LogP contribution in [0.5, 0.6) is 0 Å². The summed E-state index contributed by atoms with van der Waals surface area (Å²) in [5, 5.41) is 13.5. The van der Waals surface area contributed by atoms with Crippen LogP contribution in [0.25, 0.3) is 0 Å². The number of hydrogen-bond acceptors (Lipinski definition) is 6. The van der Waals surface area contributed by atoms with Gasteiger partial charge < -0.3 is 10.0 Å². The Morgan fingerprint density at radius 1 is 1.16 bits per heavy atom. The number of aliphatic carboxylic acids is 1. The molecule has 1 aromatic carbocycles. The SMILES string of the molecule is CC1=CC(C(F)(F)F)=NN2C1=NC(C(=O)c1c(Cl)ccc(C(=O)N3CCC(CC(=O)O)CC3)c1Cl)C2C. The van der Waals surface area contributed by atoms with E-state index < -0.39 is 41.6 Å². The first-order valence-electron chi connectivity index (χ1n) is 11.5. The van der Waals surface area contributed by atoms with E-state index in [4.69, 9.17) is 28.3 Å². The fraction of sp³-hybridized carbons (Fsp3) is 0.458. The maximum Gasteiger partial charge on any atom is 0.435 e. The summed E-state index contributed by atoms with van der Waals surface area (Å²) in [6, 6.07) is 0.772. The Morgan fingerprint density at radius 3 is 2.41 bits per heavy atom. The van der Waals surface area contributed by atoms with E-state index in [2.05, 4.69) is 10.1 Å². The highest BCUT2D eigenvalue weighted by Crippen LogP contribution is 2.36. The minimum Gasteiger partial charge on any atom is -0.481 e. The normalized spacial score (nSPS) is 22.3. The van der Waals surface area contributed by atoms with Crippen LogP contribution < -0.4 is 0 Å². The first kappa shape index (κ1) is 27.1. The summed E-state index contributed by atoms with van der Waals surface area (Å²) in [5.74, 6) is -1.84. The number of hydrogen-bond donors (Lipinski definition) is 1. The molecule has 8 nitrogen and oxygen atoms in total. The zero-order chi connectivity index (χ0) is 27.2. The van der Waals surface area contributed by atoms with Crippen molar-refractivity contribution in [1.82, 2.24) is 9.91 Å². The highest BCUT2D eigenvalue weighted by molar-refractivity contribution is 6.42. The van der Waals surface area contributed by atoms with E-state index in [1.165, 1.54) is 26.0 Å². The first-order valence-corrected chi connectivity index (χ1v) is 12.3. The molecule has 2 atom stereocenters. The summed E-state index contributed by atoms with van der Waals surface area (Å²) in [6.45, 7) is 3.65. The van der Waals surface area contributed by atoms with Crippen molar-refractivity contribution in [2.75, 3.05) is 13.1 Å². The molecular formula is C24H23Cl2F3N4O4. The van der Waals surface area contributed by atoms with Crippen molar-refractivity contribution in [3.8, 4) is 0 Å². The molecule has 1 fully saturated rings. The number of piperidine rings is 1. The lowest BCUT2D eigenvalue weighted by atomic mass is 9.93. The fourth-order valence-electron chi connectivity index (χ4n) is 4.73. The molecule has 3 aliphatic heterocycles. The number of likely N-dealkylation sites (tertiary alicyclic amines) is 1. The number of alkyl halides is 3. The first-order chi connectivity index (χ1) is 17.3. The second kappa shape index (κ2) is 10.1. The largest absolute Gasteiger partial charge is 0.481 e. The van der Waals surface area contributed by atoms with Crippen LogP contribution in [0, 0.1) is 5.92 Å². The molecule has 37 heavy (non-hydrogen) atoms. The lowest BCUT2D eigenvalue weighted by molar-refractivity contribution is -0.138. The van der Waals surface area contributed by atoms with E-state index in [0.717, 1.165) is 11.1 Å². The molecule has 0 aliphatic carbocycles. The minimum atomic E-state index is -4.67. The summed E-state index contributed by atoms with van der Waals surface area (Å²) in [6.07, 6.45) is -2.72. The van der Waals surface area contributed by atoms with Gasteiger partial charge in [0.25, 0.3) is 5.91 Å². The number of carboxylic acids is 1.